The van der Waals surface area contributed by atoms with Gasteiger partial charge in [-0.25, -0.2) is 9.97 Å². The average Bonchev–Trinajstić information content (AvgIpc) is 3.44. The lowest BCUT2D eigenvalue weighted by Crippen LogP contribution is -2.14. The van der Waals surface area contributed by atoms with Gasteiger partial charge in [0.15, 0.2) is 0 Å². The van der Waals surface area contributed by atoms with Gasteiger partial charge in [-0.15, -0.1) is 11.3 Å². The number of anilines is 1. The van der Waals surface area contributed by atoms with Gasteiger partial charge in [0.1, 0.15) is 11.6 Å². The quantitative estimate of drug-likeness (QED) is 0.265. The molecule has 4 heterocycles. The average molecular weight is 562 g/mol. The first-order chi connectivity index (χ1) is 19.6. The Labute approximate surface area is 241 Å². The van der Waals surface area contributed by atoms with Crippen LogP contribution in [0.15, 0.2) is 41.8 Å². The molecule has 2 aromatic heterocycles. The molecule has 0 bridgehead atoms. The number of fused-ring (bicyclic) bond motifs is 1. The Morgan fingerprint density at radius 1 is 1.15 bits per heavy atom. The Bertz CT molecular complexity index is 1340. The number of aryl methyl sites for hydroxylation is 3. The smallest absolute Gasteiger partial charge is 0.306 e. The molecule has 40 heavy (non-hydrogen) atoms. The van der Waals surface area contributed by atoms with E-state index in [9.17, 15) is 4.79 Å². The Morgan fingerprint density at radius 3 is 2.90 bits per heavy atom. The number of aromatic nitrogens is 2. The highest BCUT2D eigenvalue weighted by Gasteiger charge is 2.24. The van der Waals surface area contributed by atoms with Crippen LogP contribution < -0.4 is 10.1 Å². The number of hydrogen-bond donors (Lipinski definition) is 1. The minimum atomic E-state index is -0.201. The second-order valence-electron chi connectivity index (χ2n) is 10.3. The van der Waals surface area contributed by atoms with Crippen molar-refractivity contribution < 1.29 is 19.0 Å². The molecule has 1 unspecified atom stereocenters. The van der Waals surface area contributed by atoms with Crippen molar-refractivity contribution in [3.63, 3.8) is 0 Å². The lowest BCUT2D eigenvalue weighted by molar-refractivity contribution is -0.143. The van der Waals surface area contributed by atoms with Crippen LogP contribution in [0, 0.1) is 0 Å². The predicted octanol–water partition coefficient (Wildman–Crippen LogP) is 6.16. The van der Waals surface area contributed by atoms with E-state index in [-0.39, 0.29) is 18.3 Å². The number of pyridine rings is 1. The van der Waals surface area contributed by atoms with E-state index >= 15 is 0 Å². The Balaban J connectivity index is 1.28. The summed E-state index contributed by atoms with van der Waals surface area (Å²) in [5.74, 6) is 1.54. The van der Waals surface area contributed by atoms with Crippen molar-refractivity contribution in [1.82, 2.24) is 9.97 Å². The van der Waals surface area contributed by atoms with Gasteiger partial charge in [-0.2, -0.15) is 0 Å². The van der Waals surface area contributed by atoms with Crippen molar-refractivity contribution in [3.8, 4) is 5.75 Å². The summed E-state index contributed by atoms with van der Waals surface area (Å²) >= 11 is 1.70. The maximum absolute atomic E-state index is 12.7. The van der Waals surface area contributed by atoms with Gasteiger partial charge in [0, 0.05) is 23.5 Å². The number of benzene rings is 1. The number of hydrogen-bond acceptors (Lipinski definition) is 8. The van der Waals surface area contributed by atoms with Crippen molar-refractivity contribution in [2.24, 2.45) is 0 Å². The monoisotopic (exact) mass is 561 g/mol. The van der Waals surface area contributed by atoms with Crippen LogP contribution in [0.25, 0.3) is 5.57 Å². The van der Waals surface area contributed by atoms with Gasteiger partial charge in [0.25, 0.3) is 0 Å². The molecule has 0 saturated carbocycles. The van der Waals surface area contributed by atoms with Gasteiger partial charge < -0.3 is 19.5 Å². The molecule has 212 valence electrons. The minimum Gasteiger partial charge on any atom is -0.496 e. The molecule has 7 nitrogen and oxygen atoms in total. The molecular weight excluding hydrogens is 522 g/mol. The molecule has 0 saturated heterocycles. The van der Waals surface area contributed by atoms with Crippen LogP contribution in [0.3, 0.4) is 0 Å². The number of esters is 1. The first-order valence-corrected chi connectivity index (χ1v) is 15.3. The van der Waals surface area contributed by atoms with Crippen LogP contribution >= 0.6 is 11.3 Å². The third kappa shape index (κ3) is 7.29. The van der Waals surface area contributed by atoms with Crippen LogP contribution in [0.5, 0.6) is 5.75 Å². The number of ether oxygens (including phenoxy) is 3. The molecule has 0 aliphatic carbocycles. The standard InChI is InChI=1S/C32H39N3O4S/c1-3-39-31(36)20-25(28-19-24(10-12-29(28)37-2)22-13-16-38-17-14-22)18-27-21-40-30(34-27)8-4-7-26-11-9-23-6-5-15-33-32(23)35-26/h9-13,19,21,25H,3-8,14-18,20H2,1-2H3,(H,33,35). The molecule has 0 spiro atoms. The molecule has 5 rings (SSSR count). The molecule has 1 atom stereocenters. The van der Waals surface area contributed by atoms with Crippen LogP contribution in [0.1, 0.15) is 71.6 Å². The fourth-order valence-electron chi connectivity index (χ4n) is 5.49. The summed E-state index contributed by atoms with van der Waals surface area (Å²) in [5.41, 5.74) is 6.89. The lowest BCUT2D eigenvalue weighted by Gasteiger charge is -2.21. The van der Waals surface area contributed by atoms with Crippen LogP contribution in [-0.4, -0.2) is 49.4 Å². The Hall–Kier alpha value is -3.23. The van der Waals surface area contributed by atoms with Gasteiger partial charge in [-0.1, -0.05) is 18.2 Å². The number of carbonyl (C=O) groups excluding carboxylic acids is 1. The topological polar surface area (TPSA) is 82.6 Å². The molecule has 2 aliphatic heterocycles. The summed E-state index contributed by atoms with van der Waals surface area (Å²) in [6, 6.07) is 10.7. The second kappa shape index (κ2) is 13.9. The molecule has 8 heteroatoms. The van der Waals surface area contributed by atoms with Crippen LogP contribution in [0.2, 0.25) is 0 Å². The summed E-state index contributed by atoms with van der Waals surface area (Å²) in [5, 5.41) is 6.68. The maximum atomic E-state index is 12.7. The first-order valence-electron chi connectivity index (χ1n) is 14.4. The molecule has 0 amide bonds. The predicted molar refractivity (Wildman–Crippen MR) is 159 cm³/mol. The zero-order chi connectivity index (χ0) is 27.7. The molecule has 3 aromatic rings. The van der Waals surface area contributed by atoms with E-state index < -0.39 is 0 Å². The highest BCUT2D eigenvalue weighted by Crippen LogP contribution is 2.36. The van der Waals surface area contributed by atoms with Crippen LogP contribution in [-0.2, 0) is 40.0 Å². The number of thiazole rings is 1. The van der Waals surface area contributed by atoms with Crippen molar-refractivity contribution >= 4 is 28.7 Å². The van der Waals surface area contributed by atoms with Crippen molar-refractivity contribution in [2.75, 3.05) is 38.8 Å². The SMILES string of the molecule is CCOC(=O)CC(Cc1csc(CCCc2ccc3c(n2)NCCC3)n1)c1cc(C2=CCOCC2)ccc1OC. The number of methoxy groups -OCH3 is 1. The summed E-state index contributed by atoms with van der Waals surface area (Å²) < 4.78 is 16.6. The largest absolute Gasteiger partial charge is 0.496 e. The van der Waals surface area contributed by atoms with E-state index in [0.717, 1.165) is 84.3 Å². The summed E-state index contributed by atoms with van der Waals surface area (Å²) in [6.07, 6.45) is 9.06. The van der Waals surface area contributed by atoms with Gasteiger partial charge in [0.05, 0.1) is 44.1 Å². The fraction of sp³-hybridized carbons (Fsp3) is 0.469. The number of carbonyl (C=O) groups is 1. The van der Waals surface area contributed by atoms with E-state index in [2.05, 4.69) is 41.0 Å². The van der Waals surface area contributed by atoms with Gasteiger partial charge in [0.2, 0.25) is 0 Å². The minimum absolute atomic E-state index is 0.100. The van der Waals surface area contributed by atoms with Crippen molar-refractivity contribution in [3.05, 3.63) is 74.9 Å². The Morgan fingerprint density at radius 2 is 2.08 bits per heavy atom. The third-order valence-corrected chi connectivity index (χ3v) is 8.51. The normalized spacial score (nSPS) is 15.5. The van der Waals surface area contributed by atoms with Gasteiger partial charge in [-0.05, 0) is 92.3 Å². The van der Waals surface area contributed by atoms with E-state index in [4.69, 9.17) is 24.2 Å². The zero-order valence-corrected chi connectivity index (χ0v) is 24.4. The molecular formula is C32H39N3O4S. The van der Waals surface area contributed by atoms with Crippen LogP contribution in [0.4, 0.5) is 5.82 Å². The van der Waals surface area contributed by atoms with E-state index in [1.807, 2.05) is 13.0 Å². The number of nitrogens with one attached hydrogen (secondary N) is 1. The number of rotatable bonds is 12. The molecule has 1 N–H and O–H groups in total. The highest BCUT2D eigenvalue weighted by molar-refractivity contribution is 7.09. The van der Waals surface area contributed by atoms with Gasteiger partial charge in [-0.3, -0.25) is 4.79 Å². The first kappa shape index (κ1) is 28.3. The van der Waals surface area contributed by atoms with E-state index in [0.29, 0.717) is 19.6 Å². The molecule has 0 radical (unpaired) electrons. The summed E-state index contributed by atoms with van der Waals surface area (Å²) in [6.45, 7) is 4.57. The van der Waals surface area contributed by atoms with Crippen molar-refractivity contribution in [2.45, 2.75) is 64.2 Å². The molecule has 2 aliphatic rings. The van der Waals surface area contributed by atoms with Gasteiger partial charge >= 0.3 is 5.97 Å². The maximum Gasteiger partial charge on any atom is 0.306 e. The highest BCUT2D eigenvalue weighted by atomic mass is 32.1. The van der Waals surface area contributed by atoms with E-state index in [1.165, 1.54) is 17.6 Å². The third-order valence-electron chi connectivity index (χ3n) is 7.55. The number of nitrogens with zero attached hydrogens (tertiary/aromatic N) is 2. The summed E-state index contributed by atoms with van der Waals surface area (Å²) in [7, 11) is 1.68. The lowest BCUT2D eigenvalue weighted by atomic mass is 9.88. The van der Waals surface area contributed by atoms with E-state index in [1.54, 1.807) is 18.4 Å². The fourth-order valence-corrected chi connectivity index (χ4v) is 6.35. The van der Waals surface area contributed by atoms with Crippen molar-refractivity contribution in [1.29, 1.82) is 0 Å². The molecule has 1 aromatic carbocycles. The second-order valence-corrected chi connectivity index (χ2v) is 11.3. The summed E-state index contributed by atoms with van der Waals surface area (Å²) in [4.78, 5) is 22.4. The zero-order valence-electron chi connectivity index (χ0n) is 23.5. The molecule has 0 fully saturated rings. The Kier molecular flexibility index (Phi) is 9.84.